The highest BCUT2D eigenvalue weighted by Gasteiger charge is 2.19. The molecule has 0 aliphatic rings. The van der Waals surface area contributed by atoms with Crippen molar-refractivity contribution in [2.45, 2.75) is 0 Å². The van der Waals surface area contributed by atoms with E-state index in [0.717, 1.165) is 66.8 Å². The Hall–Kier alpha value is -7.17. The molecule has 0 radical (unpaired) electrons. The molecule has 0 saturated heterocycles. The predicted octanol–water partition coefficient (Wildman–Crippen LogP) is 13.9. The molecule has 0 saturated carbocycles. The molecule has 2 aromatic heterocycles. The van der Waals surface area contributed by atoms with Gasteiger partial charge < -0.3 is 13.7 Å². The molecule has 0 N–H and O–H groups in total. The standard InChI is InChI=1S/C49H32N2O2/c1-3-11-33(12-4-1)35-21-27-38(28-22-35)51(39-29-23-36(24-30-39)34-13-5-2-6-14-34)40-31-25-37(26-32-40)41-16-9-18-44-48(41)53-49(50-44)43-17-10-20-46-47(43)42-15-7-8-19-45(42)52-46/h1-32H. The van der Waals surface area contributed by atoms with Crippen molar-refractivity contribution in [3.63, 3.8) is 0 Å². The van der Waals surface area contributed by atoms with Gasteiger partial charge in [-0.15, -0.1) is 0 Å². The summed E-state index contributed by atoms with van der Waals surface area (Å²) in [6.07, 6.45) is 0. The van der Waals surface area contributed by atoms with Gasteiger partial charge in [0.2, 0.25) is 5.89 Å². The van der Waals surface area contributed by atoms with Gasteiger partial charge in [0.25, 0.3) is 0 Å². The molecule has 0 amide bonds. The summed E-state index contributed by atoms with van der Waals surface area (Å²) in [6.45, 7) is 0. The molecule has 0 aliphatic heterocycles. The van der Waals surface area contributed by atoms with Gasteiger partial charge in [-0.1, -0.05) is 133 Å². The van der Waals surface area contributed by atoms with Crippen LogP contribution in [0, 0.1) is 0 Å². The zero-order chi connectivity index (χ0) is 35.1. The molecule has 0 atom stereocenters. The Morgan fingerprint density at radius 1 is 0.358 bits per heavy atom. The number of hydrogen-bond acceptors (Lipinski definition) is 4. The lowest BCUT2D eigenvalue weighted by molar-refractivity contribution is 0.621. The number of furan rings is 1. The Labute approximate surface area is 306 Å². The van der Waals surface area contributed by atoms with Crippen molar-refractivity contribution in [1.82, 2.24) is 4.98 Å². The summed E-state index contributed by atoms with van der Waals surface area (Å²) in [4.78, 5) is 7.27. The van der Waals surface area contributed by atoms with Crippen LogP contribution in [0.5, 0.6) is 0 Å². The SMILES string of the molecule is c1ccc(-c2ccc(N(c3ccc(-c4ccccc4)cc3)c3ccc(-c4cccc5nc(-c6cccc7oc8ccccc8c67)oc45)cc3)cc2)cc1. The second kappa shape index (κ2) is 12.9. The minimum atomic E-state index is 0.574. The first-order valence-corrected chi connectivity index (χ1v) is 17.8. The molecule has 4 heteroatoms. The zero-order valence-electron chi connectivity index (χ0n) is 28.7. The van der Waals surface area contributed by atoms with Crippen LogP contribution in [-0.2, 0) is 0 Å². The quantitative estimate of drug-likeness (QED) is 0.168. The number of para-hydroxylation sites is 2. The number of benzene rings is 8. The second-order valence-electron chi connectivity index (χ2n) is 13.2. The number of anilines is 3. The molecular formula is C49H32N2O2. The van der Waals surface area contributed by atoms with Crippen LogP contribution in [0.1, 0.15) is 0 Å². The Bertz CT molecular complexity index is 2770. The number of oxazole rings is 1. The molecule has 53 heavy (non-hydrogen) atoms. The summed E-state index contributed by atoms with van der Waals surface area (Å²) >= 11 is 0. The second-order valence-corrected chi connectivity index (χ2v) is 13.2. The molecule has 0 spiro atoms. The van der Waals surface area contributed by atoms with Gasteiger partial charge >= 0.3 is 0 Å². The van der Waals surface area contributed by atoms with Crippen molar-refractivity contribution in [2.24, 2.45) is 0 Å². The van der Waals surface area contributed by atoms with E-state index in [9.17, 15) is 0 Å². The molecule has 0 fully saturated rings. The molecule has 0 bridgehead atoms. The third kappa shape index (κ3) is 5.54. The van der Waals surface area contributed by atoms with Crippen molar-refractivity contribution in [3.8, 4) is 44.8 Å². The Morgan fingerprint density at radius 2 is 0.849 bits per heavy atom. The summed E-state index contributed by atoms with van der Waals surface area (Å²) in [6, 6.07) is 67.5. The minimum Gasteiger partial charge on any atom is -0.456 e. The summed E-state index contributed by atoms with van der Waals surface area (Å²) in [5, 5.41) is 2.05. The highest BCUT2D eigenvalue weighted by atomic mass is 16.4. The average molecular weight is 681 g/mol. The van der Waals surface area contributed by atoms with Gasteiger partial charge in [0.05, 0.1) is 0 Å². The van der Waals surface area contributed by atoms with Crippen LogP contribution < -0.4 is 4.90 Å². The van der Waals surface area contributed by atoms with Crippen molar-refractivity contribution in [2.75, 3.05) is 4.90 Å². The first-order chi connectivity index (χ1) is 26.3. The molecular weight excluding hydrogens is 649 g/mol. The minimum absolute atomic E-state index is 0.574. The van der Waals surface area contributed by atoms with Crippen molar-refractivity contribution >= 4 is 50.1 Å². The smallest absolute Gasteiger partial charge is 0.228 e. The largest absolute Gasteiger partial charge is 0.456 e. The van der Waals surface area contributed by atoms with Gasteiger partial charge in [-0.05, 0) is 88.5 Å². The maximum atomic E-state index is 6.61. The van der Waals surface area contributed by atoms with Gasteiger partial charge in [-0.3, -0.25) is 0 Å². The summed E-state index contributed by atoms with van der Waals surface area (Å²) in [5.41, 5.74) is 14.1. The normalized spacial score (nSPS) is 11.4. The van der Waals surface area contributed by atoms with E-state index in [1.807, 2.05) is 54.6 Å². The van der Waals surface area contributed by atoms with Crippen molar-refractivity contribution in [1.29, 1.82) is 0 Å². The lowest BCUT2D eigenvalue weighted by atomic mass is 10.0. The van der Waals surface area contributed by atoms with E-state index < -0.39 is 0 Å². The molecule has 8 aromatic carbocycles. The van der Waals surface area contributed by atoms with E-state index in [4.69, 9.17) is 13.8 Å². The highest BCUT2D eigenvalue weighted by Crippen LogP contribution is 2.41. The fourth-order valence-corrected chi connectivity index (χ4v) is 7.35. The van der Waals surface area contributed by atoms with E-state index in [1.165, 1.54) is 22.3 Å². The molecule has 2 heterocycles. The van der Waals surface area contributed by atoms with E-state index in [-0.39, 0.29) is 0 Å². The van der Waals surface area contributed by atoms with Gasteiger partial charge in [0.15, 0.2) is 5.58 Å². The van der Waals surface area contributed by atoms with E-state index in [0.29, 0.717) is 5.89 Å². The lowest BCUT2D eigenvalue weighted by Crippen LogP contribution is -2.09. The maximum Gasteiger partial charge on any atom is 0.228 e. The number of nitrogens with zero attached hydrogens (tertiary/aromatic N) is 2. The molecule has 10 rings (SSSR count). The maximum absolute atomic E-state index is 6.61. The number of hydrogen-bond donors (Lipinski definition) is 0. The number of fused-ring (bicyclic) bond motifs is 4. The first-order valence-electron chi connectivity index (χ1n) is 17.8. The fourth-order valence-electron chi connectivity index (χ4n) is 7.35. The van der Waals surface area contributed by atoms with Gasteiger partial charge in [-0.2, -0.15) is 0 Å². The van der Waals surface area contributed by atoms with Crippen LogP contribution in [0.2, 0.25) is 0 Å². The van der Waals surface area contributed by atoms with Crippen LogP contribution >= 0.6 is 0 Å². The fraction of sp³-hybridized carbons (Fsp3) is 0. The van der Waals surface area contributed by atoms with E-state index in [2.05, 4.69) is 144 Å². The van der Waals surface area contributed by atoms with Crippen LogP contribution in [0.15, 0.2) is 203 Å². The van der Waals surface area contributed by atoms with Gasteiger partial charge in [0, 0.05) is 39.0 Å². The molecule has 0 unspecified atom stereocenters. The molecule has 10 aromatic rings. The van der Waals surface area contributed by atoms with E-state index >= 15 is 0 Å². The number of rotatable bonds is 7. The highest BCUT2D eigenvalue weighted by molar-refractivity contribution is 6.12. The van der Waals surface area contributed by atoms with Crippen LogP contribution in [0.25, 0.3) is 77.9 Å². The van der Waals surface area contributed by atoms with Crippen LogP contribution in [-0.4, -0.2) is 4.98 Å². The Morgan fingerprint density at radius 3 is 1.47 bits per heavy atom. The summed E-state index contributed by atoms with van der Waals surface area (Å²) in [5.74, 6) is 0.574. The average Bonchev–Trinajstić information content (AvgIpc) is 3.85. The monoisotopic (exact) mass is 680 g/mol. The van der Waals surface area contributed by atoms with Gasteiger partial charge in [-0.25, -0.2) is 4.98 Å². The van der Waals surface area contributed by atoms with E-state index in [1.54, 1.807) is 0 Å². The third-order valence-corrected chi connectivity index (χ3v) is 9.95. The lowest BCUT2D eigenvalue weighted by Gasteiger charge is -2.26. The molecule has 250 valence electrons. The zero-order valence-corrected chi connectivity index (χ0v) is 28.7. The van der Waals surface area contributed by atoms with Crippen LogP contribution in [0.4, 0.5) is 17.1 Å². The molecule has 4 nitrogen and oxygen atoms in total. The van der Waals surface area contributed by atoms with Crippen molar-refractivity contribution < 1.29 is 8.83 Å². The first kappa shape index (κ1) is 30.6. The third-order valence-electron chi connectivity index (χ3n) is 9.95. The Kier molecular flexibility index (Phi) is 7.43. The van der Waals surface area contributed by atoms with Gasteiger partial charge in [0.1, 0.15) is 16.7 Å². The predicted molar refractivity (Wildman–Crippen MR) is 218 cm³/mol. The summed E-state index contributed by atoms with van der Waals surface area (Å²) < 4.78 is 12.8. The summed E-state index contributed by atoms with van der Waals surface area (Å²) in [7, 11) is 0. The topological polar surface area (TPSA) is 42.4 Å². The molecule has 0 aliphatic carbocycles. The number of aromatic nitrogens is 1. The van der Waals surface area contributed by atoms with Crippen LogP contribution in [0.3, 0.4) is 0 Å². The Balaban J connectivity index is 1.03. The van der Waals surface area contributed by atoms with Crippen molar-refractivity contribution in [3.05, 3.63) is 194 Å².